The maximum absolute atomic E-state index is 12.3. The highest BCUT2D eigenvalue weighted by Gasteiger charge is 2.19. The van der Waals surface area contributed by atoms with Crippen molar-refractivity contribution in [3.8, 4) is 0 Å². The molecule has 0 heterocycles. The van der Waals surface area contributed by atoms with Crippen molar-refractivity contribution >= 4 is 12.1 Å². The normalized spacial score (nSPS) is 11.6. The molecule has 0 aliphatic heterocycles. The van der Waals surface area contributed by atoms with E-state index in [0.717, 1.165) is 29.5 Å². The van der Waals surface area contributed by atoms with Crippen molar-refractivity contribution in [3.05, 3.63) is 70.8 Å². The number of unbranched alkanes of at least 4 members (excludes halogenated alkanes) is 2. The van der Waals surface area contributed by atoms with E-state index in [9.17, 15) is 9.59 Å². The van der Waals surface area contributed by atoms with Gasteiger partial charge in [0.25, 0.3) is 0 Å². The highest BCUT2D eigenvalue weighted by atomic mass is 16.6. The Kier molecular flexibility index (Phi) is 8.53. The summed E-state index contributed by atoms with van der Waals surface area (Å²) >= 11 is 0. The third kappa shape index (κ3) is 7.06. The number of aryl methyl sites for hydroxylation is 2. The van der Waals surface area contributed by atoms with Crippen LogP contribution in [0.5, 0.6) is 0 Å². The molecule has 2 rings (SSSR count). The molecule has 0 radical (unpaired) electrons. The van der Waals surface area contributed by atoms with Crippen LogP contribution in [0.2, 0.25) is 0 Å². The summed E-state index contributed by atoms with van der Waals surface area (Å²) < 4.78 is 5.78. The Morgan fingerprint density at radius 1 is 0.964 bits per heavy atom. The van der Waals surface area contributed by atoms with Crippen molar-refractivity contribution in [2.24, 2.45) is 0 Å². The van der Waals surface area contributed by atoms with E-state index >= 15 is 0 Å². The standard InChI is InChI=1S/C23H29NO4/c1-17-10-5-7-12-19(17)16-21(20-13-8-6-11-18(20)2)28-23(27)24-15-9-3-4-14-22(25)26/h5-8,10-13,21H,3-4,9,14-16H2,1-2H3,(H,24,27)(H,25,26). The third-order valence-electron chi connectivity index (χ3n) is 4.79. The van der Waals surface area contributed by atoms with Crippen molar-refractivity contribution in [1.82, 2.24) is 5.32 Å². The molecule has 0 saturated heterocycles. The number of carboxylic acid groups (broad SMARTS) is 1. The van der Waals surface area contributed by atoms with Crippen LogP contribution in [-0.2, 0) is 16.0 Å². The number of carboxylic acids is 1. The fourth-order valence-electron chi connectivity index (χ4n) is 3.14. The van der Waals surface area contributed by atoms with Gasteiger partial charge in [-0.15, -0.1) is 0 Å². The first-order valence-electron chi connectivity index (χ1n) is 9.73. The monoisotopic (exact) mass is 383 g/mol. The average Bonchev–Trinajstić information content (AvgIpc) is 2.66. The van der Waals surface area contributed by atoms with Crippen molar-refractivity contribution in [2.45, 2.75) is 52.1 Å². The number of alkyl carbamates (subject to hydrolysis) is 1. The summed E-state index contributed by atoms with van der Waals surface area (Å²) in [5.41, 5.74) is 4.41. The molecule has 1 amide bonds. The highest BCUT2D eigenvalue weighted by Crippen LogP contribution is 2.26. The van der Waals surface area contributed by atoms with Gasteiger partial charge in [-0.2, -0.15) is 0 Å². The molecular formula is C23H29NO4. The predicted molar refractivity (Wildman–Crippen MR) is 109 cm³/mol. The number of ether oxygens (including phenoxy) is 1. The molecule has 0 aromatic heterocycles. The van der Waals surface area contributed by atoms with Gasteiger partial charge in [0.15, 0.2) is 0 Å². The van der Waals surface area contributed by atoms with E-state index in [2.05, 4.69) is 24.4 Å². The number of rotatable bonds is 10. The van der Waals surface area contributed by atoms with E-state index in [1.165, 1.54) is 5.56 Å². The Hall–Kier alpha value is -2.82. The molecule has 0 bridgehead atoms. The Morgan fingerprint density at radius 3 is 2.32 bits per heavy atom. The van der Waals surface area contributed by atoms with Crippen molar-refractivity contribution < 1.29 is 19.4 Å². The number of hydrogen-bond donors (Lipinski definition) is 2. The van der Waals surface area contributed by atoms with Crippen LogP contribution in [0.25, 0.3) is 0 Å². The van der Waals surface area contributed by atoms with Gasteiger partial charge < -0.3 is 15.2 Å². The summed E-state index contributed by atoms with van der Waals surface area (Å²) in [6.45, 7) is 4.55. The van der Waals surface area contributed by atoms with E-state index in [1.807, 2.05) is 43.3 Å². The first-order chi connectivity index (χ1) is 13.5. The van der Waals surface area contributed by atoms with Crippen LogP contribution in [0.3, 0.4) is 0 Å². The first-order valence-corrected chi connectivity index (χ1v) is 9.73. The summed E-state index contributed by atoms with van der Waals surface area (Å²) in [6, 6.07) is 16.1. The second kappa shape index (κ2) is 11.1. The first kappa shape index (κ1) is 21.5. The minimum atomic E-state index is -0.787. The molecule has 0 aliphatic rings. The number of carbonyl (C=O) groups is 2. The van der Waals surface area contributed by atoms with Crippen LogP contribution in [-0.4, -0.2) is 23.7 Å². The Bertz CT molecular complexity index is 788. The number of benzene rings is 2. The fraction of sp³-hybridized carbons (Fsp3) is 0.391. The molecule has 0 fully saturated rings. The largest absolute Gasteiger partial charge is 0.481 e. The molecule has 5 heteroatoms. The lowest BCUT2D eigenvalue weighted by Crippen LogP contribution is -2.28. The van der Waals surface area contributed by atoms with E-state index in [0.29, 0.717) is 19.4 Å². The Labute approximate surface area is 166 Å². The predicted octanol–water partition coefficient (Wildman–Crippen LogP) is 4.96. The molecular weight excluding hydrogens is 354 g/mol. The van der Waals surface area contributed by atoms with Crippen molar-refractivity contribution in [2.75, 3.05) is 6.54 Å². The lowest BCUT2D eigenvalue weighted by Gasteiger charge is -2.21. The Morgan fingerprint density at radius 2 is 1.64 bits per heavy atom. The minimum absolute atomic E-state index is 0.163. The van der Waals surface area contributed by atoms with E-state index in [-0.39, 0.29) is 12.5 Å². The maximum atomic E-state index is 12.3. The molecule has 1 unspecified atom stereocenters. The number of nitrogens with one attached hydrogen (secondary N) is 1. The zero-order valence-electron chi connectivity index (χ0n) is 16.6. The molecule has 2 aromatic rings. The maximum Gasteiger partial charge on any atom is 0.407 e. The lowest BCUT2D eigenvalue weighted by atomic mass is 9.95. The van der Waals surface area contributed by atoms with Gasteiger partial charge in [-0.1, -0.05) is 55.0 Å². The number of hydrogen-bond acceptors (Lipinski definition) is 3. The van der Waals surface area contributed by atoms with Crippen LogP contribution in [0, 0.1) is 13.8 Å². The molecule has 2 aromatic carbocycles. The molecule has 150 valence electrons. The molecule has 0 aliphatic carbocycles. The van der Waals surface area contributed by atoms with Crippen LogP contribution < -0.4 is 5.32 Å². The molecule has 2 N–H and O–H groups in total. The smallest absolute Gasteiger partial charge is 0.407 e. The SMILES string of the molecule is Cc1ccccc1CC(OC(=O)NCCCCCC(=O)O)c1ccccc1C. The quantitative estimate of drug-likeness (QED) is 0.569. The summed E-state index contributed by atoms with van der Waals surface area (Å²) in [6.07, 6.45) is 2.08. The Balaban J connectivity index is 1.96. The van der Waals surface area contributed by atoms with Gasteiger partial charge in [0, 0.05) is 19.4 Å². The molecule has 0 spiro atoms. The molecule has 1 atom stereocenters. The molecule has 0 saturated carbocycles. The van der Waals surface area contributed by atoms with Crippen molar-refractivity contribution in [3.63, 3.8) is 0 Å². The second-order valence-corrected chi connectivity index (χ2v) is 7.01. The van der Waals surface area contributed by atoms with E-state index < -0.39 is 12.1 Å². The molecule has 5 nitrogen and oxygen atoms in total. The summed E-state index contributed by atoms with van der Waals surface area (Å²) in [4.78, 5) is 22.8. The van der Waals surface area contributed by atoms with E-state index in [4.69, 9.17) is 9.84 Å². The zero-order valence-corrected chi connectivity index (χ0v) is 16.6. The van der Waals surface area contributed by atoms with E-state index in [1.54, 1.807) is 0 Å². The average molecular weight is 383 g/mol. The van der Waals surface area contributed by atoms with Crippen LogP contribution >= 0.6 is 0 Å². The minimum Gasteiger partial charge on any atom is -0.481 e. The van der Waals surface area contributed by atoms with Gasteiger partial charge in [-0.25, -0.2) is 4.79 Å². The van der Waals surface area contributed by atoms with Crippen LogP contribution in [0.1, 0.15) is 54.0 Å². The summed E-state index contributed by atoms with van der Waals surface area (Å²) in [7, 11) is 0. The summed E-state index contributed by atoms with van der Waals surface area (Å²) in [5.74, 6) is -0.787. The van der Waals surface area contributed by atoms with Crippen LogP contribution in [0.15, 0.2) is 48.5 Å². The van der Waals surface area contributed by atoms with Gasteiger partial charge in [0.2, 0.25) is 0 Å². The van der Waals surface area contributed by atoms with Crippen LogP contribution in [0.4, 0.5) is 4.79 Å². The van der Waals surface area contributed by atoms with Gasteiger partial charge >= 0.3 is 12.1 Å². The number of carbonyl (C=O) groups excluding carboxylic acids is 1. The fourth-order valence-corrected chi connectivity index (χ4v) is 3.14. The van der Waals surface area contributed by atoms with Gasteiger partial charge in [-0.05, 0) is 48.9 Å². The lowest BCUT2D eigenvalue weighted by molar-refractivity contribution is -0.137. The third-order valence-corrected chi connectivity index (χ3v) is 4.79. The van der Waals surface area contributed by atoms with Gasteiger partial charge in [0.1, 0.15) is 6.10 Å². The van der Waals surface area contributed by atoms with Crippen molar-refractivity contribution in [1.29, 1.82) is 0 Å². The highest BCUT2D eigenvalue weighted by molar-refractivity contribution is 5.67. The second-order valence-electron chi connectivity index (χ2n) is 7.01. The number of aliphatic carboxylic acids is 1. The van der Waals surface area contributed by atoms with Gasteiger partial charge in [0.05, 0.1) is 0 Å². The molecule has 28 heavy (non-hydrogen) atoms. The van der Waals surface area contributed by atoms with Gasteiger partial charge in [-0.3, -0.25) is 4.79 Å². The topological polar surface area (TPSA) is 75.6 Å². The summed E-state index contributed by atoms with van der Waals surface area (Å²) in [5, 5.41) is 11.4. The zero-order chi connectivity index (χ0) is 20.4. The number of amides is 1.